The number of hydrogen-bond acceptors (Lipinski definition) is 4. The molecule has 1 aromatic heterocycles. The molecule has 1 atom stereocenters. The molecule has 1 aromatic carbocycles. The third-order valence-electron chi connectivity index (χ3n) is 3.35. The molecule has 0 aliphatic heterocycles. The molecule has 0 bridgehead atoms. The summed E-state index contributed by atoms with van der Waals surface area (Å²) in [5.41, 5.74) is 1.07. The Hall–Kier alpha value is -1.46. The normalized spacial score (nSPS) is 13.3. The predicted octanol–water partition coefficient (Wildman–Crippen LogP) is 3.14. The van der Waals surface area contributed by atoms with Gasteiger partial charge in [0.15, 0.2) is 0 Å². The number of hydrogen-bond donors (Lipinski definition) is 2. The van der Waals surface area contributed by atoms with E-state index in [4.69, 9.17) is 0 Å². The molecule has 22 heavy (non-hydrogen) atoms. The number of amides is 1. The SMILES string of the molecule is CC(C)(C)CC(CO)NC(=O)CCc1nc2ccccc2s1. The molecule has 0 saturated heterocycles. The molecule has 1 unspecified atom stereocenters. The van der Waals surface area contributed by atoms with Gasteiger partial charge in [-0.2, -0.15) is 0 Å². The quantitative estimate of drug-likeness (QED) is 0.859. The lowest BCUT2D eigenvalue weighted by molar-refractivity contribution is -0.122. The molecule has 0 radical (unpaired) electrons. The van der Waals surface area contributed by atoms with Crippen LogP contribution in [0.1, 0.15) is 38.6 Å². The van der Waals surface area contributed by atoms with E-state index in [-0.39, 0.29) is 24.0 Å². The molecule has 2 rings (SSSR count). The van der Waals surface area contributed by atoms with Gasteiger partial charge in [-0.3, -0.25) is 4.79 Å². The summed E-state index contributed by atoms with van der Waals surface area (Å²) >= 11 is 1.63. The van der Waals surface area contributed by atoms with Crippen molar-refractivity contribution < 1.29 is 9.90 Å². The van der Waals surface area contributed by atoms with Crippen LogP contribution >= 0.6 is 11.3 Å². The zero-order valence-corrected chi connectivity index (χ0v) is 14.2. The Morgan fingerprint density at radius 1 is 1.36 bits per heavy atom. The van der Waals surface area contributed by atoms with Crippen LogP contribution in [0.4, 0.5) is 0 Å². The van der Waals surface area contributed by atoms with Crippen LogP contribution in [0.2, 0.25) is 0 Å². The molecule has 0 aliphatic rings. The van der Waals surface area contributed by atoms with Gasteiger partial charge in [0.05, 0.1) is 27.9 Å². The number of nitrogens with one attached hydrogen (secondary N) is 1. The van der Waals surface area contributed by atoms with Crippen LogP contribution in [-0.4, -0.2) is 28.6 Å². The minimum Gasteiger partial charge on any atom is -0.394 e. The zero-order chi connectivity index (χ0) is 16.2. The molecule has 2 N–H and O–H groups in total. The maximum absolute atomic E-state index is 12.0. The van der Waals surface area contributed by atoms with Crippen LogP contribution in [-0.2, 0) is 11.2 Å². The highest BCUT2D eigenvalue weighted by Crippen LogP contribution is 2.23. The van der Waals surface area contributed by atoms with Crippen LogP contribution in [0.15, 0.2) is 24.3 Å². The first-order chi connectivity index (χ1) is 10.4. The summed E-state index contributed by atoms with van der Waals surface area (Å²) in [5, 5.41) is 13.3. The van der Waals surface area contributed by atoms with Crippen molar-refractivity contribution in [2.24, 2.45) is 5.41 Å². The van der Waals surface area contributed by atoms with Crippen molar-refractivity contribution in [3.63, 3.8) is 0 Å². The molecule has 2 aromatic rings. The van der Waals surface area contributed by atoms with E-state index < -0.39 is 0 Å². The molecule has 0 spiro atoms. The maximum Gasteiger partial charge on any atom is 0.220 e. The van der Waals surface area contributed by atoms with E-state index in [1.165, 1.54) is 0 Å². The number of para-hydroxylation sites is 1. The fourth-order valence-corrected chi connectivity index (χ4v) is 3.41. The minimum atomic E-state index is -0.178. The summed E-state index contributed by atoms with van der Waals surface area (Å²) < 4.78 is 1.15. The van der Waals surface area contributed by atoms with Crippen molar-refractivity contribution in [3.8, 4) is 0 Å². The lowest BCUT2D eigenvalue weighted by Gasteiger charge is -2.25. The number of aromatic nitrogens is 1. The first kappa shape index (κ1) is 16.9. The number of aliphatic hydroxyl groups is 1. The van der Waals surface area contributed by atoms with Gasteiger partial charge in [-0.15, -0.1) is 11.3 Å². The molecule has 1 amide bonds. The highest BCUT2D eigenvalue weighted by molar-refractivity contribution is 7.18. The second-order valence-corrected chi connectivity index (χ2v) is 7.90. The Bertz CT molecular complexity index is 598. The van der Waals surface area contributed by atoms with E-state index >= 15 is 0 Å². The Kier molecular flexibility index (Phi) is 5.53. The van der Waals surface area contributed by atoms with Crippen molar-refractivity contribution in [1.29, 1.82) is 0 Å². The standard InChI is InChI=1S/C17H24N2O2S/c1-17(2,3)10-12(11-20)18-15(21)8-9-16-19-13-6-4-5-7-14(13)22-16/h4-7,12,20H,8-11H2,1-3H3,(H,18,21). The largest absolute Gasteiger partial charge is 0.394 e. The summed E-state index contributed by atoms with van der Waals surface area (Å²) in [5.74, 6) is -0.0254. The molecule has 120 valence electrons. The van der Waals surface area contributed by atoms with E-state index in [0.717, 1.165) is 21.6 Å². The van der Waals surface area contributed by atoms with Gasteiger partial charge in [-0.25, -0.2) is 4.98 Å². The highest BCUT2D eigenvalue weighted by Gasteiger charge is 2.19. The Labute approximate surface area is 135 Å². The monoisotopic (exact) mass is 320 g/mol. The summed E-state index contributed by atoms with van der Waals surface area (Å²) in [6.45, 7) is 6.28. The number of benzene rings is 1. The fourth-order valence-electron chi connectivity index (χ4n) is 2.45. The van der Waals surface area contributed by atoms with Crippen LogP contribution in [0.25, 0.3) is 10.2 Å². The first-order valence-corrected chi connectivity index (χ1v) is 8.44. The van der Waals surface area contributed by atoms with E-state index in [1.54, 1.807) is 11.3 Å². The van der Waals surface area contributed by atoms with Gasteiger partial charge in [-0.05, 0) is 24.0 Å². The molecule has 0 saturated carbocycles. The molecule has 0 fully saturated rings. The van der Waals surface area contributed by atoms with Crippen molar-refractivity contribution in [2.75, 3.05) is 6.61 Å². The number of aliphatic hydroxyl groups excluding tert-OH is 1. The summed E-state index contributed by atoms with van der Waals surface area (Å²) in [6, 6.07) is 7.82. The molecular weight excluding hydrogens is 296 g/mol. The summed E-state index contributed by atoms with van der Waals surface area (Å²) in [7, 11) is 0. The van der Waals surface area contributed by atoms with Gasteiger partial charge in [0.1, 0.15) is 0 Å². The van der Waals surface area contributed by atoms with E-state index in [9.17, 15) is 9.90 Å². The van der Waals surface area contributed by atoms with Crippen molar-refractivity contribution in [2.45, 2.75) is 46.1 Å². The van der Waals surface area contributed by atoms with Crippen molar-refractivity contribution in [3.05, 3.63) is 29.3 Å². The Morgan fingerprint density at radius 2 is 2.09 bits per heavy atom. The number of carbonyl (C=O) groups is 1. The zero-order valence-electron chi connectivity index (χ0n) is 13.4. The fraction of sp³-hybridized carbons (Fsp3) is 0.529. The molecule has 5 heteroatoms. The third-order valence-corrected chi connectivity index (χ3v) is 4.44. The molecular formula is C17H24N2O2S. The topological polar surface area (TPSA) is 62.2 Å². The van der Waals surface area contributed by atoms with E-state index in [0.29, 0.717) is 12.8 Å². The van der Waals surface area contributed by atoms with E-state index in [1.807, 2.05) is 24.3 Å². The Balaban J connectivity index is 1.86. The number of carbonyl (C=O) groups excluding carboxylic acids is 1. The average Bonchev–Trinajstić information content (AvgIpc) is 2.85. The number of rotatable bonds is 6. The Morgan fingerprint density at radius 3 is 2.73 bits per heavy atom. The summed E-state index contributed by atoms with van der Waals surface area (Å²) in [6.07, 6.45) is 1.80. The van der Waals surface area contributed by atoms with Gasteiger partial charge >= 0.3 is 0 Å². The lowest BCUT2D eigenvalue weighted by Crippen LogP contribution is -2.40. The summed E-state index contributed by atoms with van der Waals surface area (Å²) in [4.78, 5) is 16.6. The molecule has 1 heterocycles. The predicted molar refractivity (Wildman–Crippen MR) is 91.0 cm³/mol. The van der Waals surface area contributed by atoms with Crippen LogP contribution < -0.4 is 5.32 Å². The highest BCUT2D eigenvalue weighted by atomic mass is 32.1. The van der Waals surface area contributed by atoms with Gasteiger partial charge in [-0.1, -0.05) is 32.9 Å². The minimum absolute atomic E-state index is 0.0237. The first-order valence-electron chi connectivity index (χ1n) is 7.62. The van der Waals surface area contributed by atoms with Gasteiger partial charge < -0.3 is 10.4 Å². The number of nitrogens with zero attached hydrogens (tertiary/aromatic N) is 1. The van der Waals surface area contributed by atoms with Crippen LogP contribution in [0.3, 0.4) is 0 Å². The number of fused-ring (bicyclic) bond motifs is 1. The average molecular weight is 320 g/mol. The maximum atomic E-state index is 12.0. The smallest absolute Gasteiger partial charge is 0.220 e. The second kappa shape index (κ2) is 7.20. The lowest BCUT2D eigenvalue weighted by atomic mass is 9.88. The van der Waals surface area contributed by atoms with Crippen molar-refractivity contribution >= 4 is 27.5 Å². The second-order valence-electron chi connectivity index (χ2n) is 6.79. The number of aryl methyl sites for hydroxylation is 1. The van der Waals surface area contributed by atoms with Crippen LogP contribution in [0, 0.1) is 5.41 Å². The van der Waals surface area contributed by atoms with Crippen molar-refractivity contribution in [1.82, 2.24) is 10.3 Å². The van der Waals surface area contributed by atoms with Gasteiger partial charge in [0.25, 0.3) is 0 Å². The third kappa shape index (κ3) is 5.07. The molecule has 4 nitrogen and oxygen atoms in total. The molecule has 0 aliphatic carbocycles. The van der Waals surface area contributed by atoms with Gasteiger partial charge in [0, 0.05) is 12.8 Å². The number of thiazole rings is 1. The van der Waals surface area contributed by atoms with Crippen LogP contribution in [0.5, 0.6) is 0 Å². The van der Waals surface area contributed by atoms with E-state index in [2.05, 4.69) is 31.1 Å². The van der Waals surface area contributed by atoms with Gasteiger partial charge in [0.2, 0.25) is 5.91 Å².